The molecule has 0 radical (unpaired) electrons. The number of anilines is 1. The first-order chi connectivity index (χ1) is 19.5. The SMILES string of the molecule is Fc1ccc(N2CC3(CC(c4nnc5n4-c4ccc(Cl)cc4CN(C4CN(CC(F)(F)F)C4)C5)C3)C2)nc1C(F)F. The number of hydrogen-bond acceptors (Lipinski definition) is 6. The summed E-state index contributed by atoms with van der Waals surface area (Å²) in [5.74, 6) is 1.05. The third kappa shape index (κ3) is 4.85. The number of nitrogens with zero attached hydrogens (tertiary/aromatic N) is 7. The minimum absolute atomic E-state index is 0.00554. The van der Waals surface area contributed by atoms with E-state index < -0.39 is 30.7 Å². The lowest BCUT2D eigenvalue weighted by atomic mass is 9.57. The van der Waals surface area contributed by atoms with Crippen molar-refractivity contribution in [3.8, 4) is 5.69 Å². The standard InChI is InChI=1S/C27H26ClF6N7/c28-17-1-3-20-15(5-17)8-39(18-9-38(10-18)14-27(32,33)34)11-22-36-37-25(41(20)22)16-6-26(7-16)12-40(13-26)21-4-2-19(29)23(35-21)24(30)31/h1-5,16,18,24H,6-14H2. The van der Waals surface area contributed by atoms with Gasteiger partial charge in [0, 0.05) is 55.1 Å². The highest BCUT2D eigenvalue weighted by atomic mass is 35.5. The molecule has 5 heterocycles. The van der Waals surface area contributed by atoms with Crippen molar-refractivity contribution in [1.29, 1.82) is 0 Å². The molecule has 7 rings (SSSR count). The van der Waals surface area contributed by atoms with Crippen molar-refractivity contribution >= 4 is 17.4 Å². The highest BCUT2D eigenvalue weighted by Crippen LogP contribution is 2.56. The summed E-state index contributed by atoms with van der Waals surface area (Å²) in [5, 5.41) is 9.66. The zero-order valence-electron chi connectivity index (χ0n) is 21.8. The van der Waals surface area contributed by atoms with Crippen molar-refractivity contribution in [1.82, 2.24) is 29.5 Å². The van der Waals surface area contributed by atoms with Gasteiger partial charge in [0.1, 0.15) is 17.3 Å². The number of alkyl halides is 5. The van der Waals surface area contributed by atoms with Gasteiger partial charge < -0.3 is 4.90 Å². The Morgan fingerprint density at radius 3 is 2.49 bits per heavy atom. The lowest BCUT2D eigenvalue weighted by molar-refractivity contribution is -0.161. The molecule has 0 atom stereocenters. The number of fused-ring (bicyclic) bond motifs is 3. The second kappa shape index (κ2) is 9.56. The lowest BCUT2D eigenvalue weighted by Gasteiger charge is -2.59. The van der Waals surface area contributed by atoms with Gasteiger partial charge in [-0.15, -0.1) is 10.2 Å². The van der Waals surface area contributed by atoms with Gasteiger partial charge >= 0.3 is 6.18 Å². The van der Waals surface area contributed by atoms with Crippen molar-refractivity contribution in [2.75, 3.05) is 37.6 Å². The Morgan fingerprint density at radius 2 is 1.78 bits per heavy atom. The first-order valence-corrected chi connectivity index (χ1v) is 13.8. The second-order valence-electron chi connectivity index (χ2n) is 11.7. The molecule has 0 unspecified atom stereocenters. The van der Waals surface area contributed by atoms with Crippen LogP contribution in [0.15, 0.2) is 30.3 Å². The molecule has 41 heavy (non-hydrogen) atoms. The quantitative estimate of drug-likeness (QED) is 0.370. The average Bonchev–Trinajstić information content (AvgIpc) is 3.14. The summed E-state index contributed by atoms with van der Waals surface area (Å²) in [7, 11) is 0. The maximum absolute atomic E-state index is 13.7. The predicted octanol–water partition coefficient (Wildman–Crippen LogP) is 5.34. The van der Waals surface area contributed by atoms with Gasteiger partial charge in [0.25, 0.3) is 6.43 Å². The van der Waals surface area contributed by atoms with E-state index in [0.717, 1.165) is 41.8 Å². The monoisotopic (exact) mass is 597 g/mol. The van der Waals surface area contributed by atoms with E-state index in [-0.39, 0.29) is 17.4 Å². The van der Waals surface area contributed by atoms with E-state index in [1.807, 2.05) is 23.1 Å². The number of hydrogen-bond donors (Lipinski definition) is 0. The molecule has 218 valence electrons. The van der Waals surface area contributed by atoms with Gasteiger partial charge in [0.2, 0.25) is 0 Å². The van der Waals surface area contributed by atoms with E-state index in [4.69, 9.17) is 11.6 Å². The van der Waals surface area contributed by atoms with Gasteiger partial charge in [-0.25, -0.2) is 18.2 Å². The Kier molecular flexibility index (Phi) is 6.29. The van der Waals surface area contributed by atoms with Gasteiger partial charge in [-0.2, -0.15) is 13.2 Å². The third-order valence-corrected chi connectivity index (χ3v) is 9.01. The molecule has 14 heteroatoms. The van der Waals surface area contributed by atoms with E-state index in [0.29, 0.717) is 50.1 Å². The van der Waals surface area contributed by atoms with E-state index in [1.165, 1.54) is 11.0 Å². The summed E-state index contributed by atoms with van der Waals surface area (Å²) in [4.78, 5) is 9.28. The molecule has 0 bridgehead atoms. The highest BCUT2D eigenvalue weighted by Gasteiger charge is 2.54. The minimum atomic E-state index is -4.22. The molecule has 7 nitrogen and oxygen atoms in total. The maximum Gasteiger partial charge on any atom is 0.401 e. The second-order valence-corrected chi connectivity index (χ2v) is 12.2. The number of rotatable bonds is 5. The maximum atomic E-state index is 13.7. The number of likely N-dealkylation sites (tertiary alicyclic amines) is 1. The topological polar surface area (TPSA) is 53.3 Å². The Hall–Kier alpha value is -2.90. The molecular weight excluding hydrogens is 572 g/mol. The summed E-state index contributed by atoms with van der Waals surface area (Å²) in [6.07, 6.45) is -5.52. The molecule has 0 amide bonds. The Labute approximate surface area is 236 Å². The van der Waals surface area contributed by atoms with Crippen LogP contribution in [-0.2, 0) is 13.1 Å². The zero-order chi connectivity index (χ0) is 28.7. The summed E-state index contributed by atoms with van der Waals surface area (Å²) in [5.41, 5.74) is 1.06. The van der Waals surface area contributed by atoms with Crippen LogP contribution in [0.4, 0.5) is 32.2 Å². The van der Waals surface area contributed by atoms with E-state index >= 15 is 0 Å². The van der Waals surface area contributed by atoms with Crippen molar-refractivity contribution in [3.63, 3.8) is 0 Å². The molecule has 0 N–H and O–H groups in total. The van der Waals surface area contributed by atoms with Gasteiger partial charge in [0.15, 0.2) is 11.6 Å². The van der Waals surface area contributed by atoms with Crippen LogP contribution in [-0.4, -0.2) is 74.5 Å². The van der Waals surface area contributed by atoms with Crippen LogP contribution in [0.2, 0.25) is 5.02 Å². The third-order valence-electron chi connectivity index (χ3n) is 8.78. The van der Waals surface area contributed by atoms with Crippen molar-refractivity contribution < 1.29 is 26.3 Å². The Balaban J connectivity index is 1.07. The van der Waals surface area contributed by atoms with E-state index in [9.17, 15) is 26.3 Å². The minimum Gasteiger partial charge on any atom is -0.355 e. The van der Waals surface area contributed by atoms with E-state index in [1.54, 1.807) is 0 Å². The molecule has 3 fully saturated rings. The fraction of sp³-hybridized carbons (Fsp3) is 0.519. The summed E-state index contributed by atoms with van der Waals surface area (Å²) in [6, 6.07) is 8.08. The predicted molar refractivity (Wildman–Crippen MR) is 138 cm³/mol. The molecule has 2 aromatic heterocycles. The van der Waals surface area contributed by atoms with Crippen LogP contribution in [0.1, 0.15) is 48.1 Å². The van der Waals surface area contributed by atoms with Crippen molar-refractivity contribution in [2.45, 2.75) is 50.5 Å². The van der Waals surface area contributed by atoms with Crippen LogP contribution in [0.5, 0.6) is 0 Å². The lowest BCUT2D eigenvalue weighted by Crippen LogP contribution is -2.62. The molecule has 3 aliphatic heterocycles. The molecular formula is C27H26ClF6N7. The number of aromatic nitrogens is 4. The number of benzene rings is 1. The van der Waals surface area contributed by atoms with Crippen LogP contribution in [0.3, 0.4) is 0 Å². The fourth-order valence-corrected chi connectivity index (χ4v) is 7.05. The molecule has 1 aliphatic carbocycles. The molecule has 4 aliphatic rings. The van der Waals surface area contributed by atoms with Crippen molar-refractivity contribution in [3.05, 3.63) is 64.1 Å². The van der Waals surface area contributed by atoms with Crippen LogP contribution >= 0.6 is 11.6 Å². The summed E-state index contributed by atoms with van der Waals surface area (Å²) < 4.78 is 80.4. The molecule has 2 saturated heterocycles. The number of halogens is 7. The van der Waals surface area contributed by atoms with Crippen LogP contribution < -0.4 is 4.90 Å². The van der Waals surface area contributed by atoms with Crippen molar-refractivity contribution in [2.24, 2.45) is 5.41 Å². The normalized spacial score (nSPS) is 21.3. The van der Waals surface area contributed by atoms with E-state index in [2.05, 4.69) is 24.6 Å². The van der Waals surface area contributed by atoms with Gasteiger partial charge in [-0.1, -0.05) is 11.6 Å². The Bertz CT molecular complexity index is 1470. The number of pyridine rings is 1. The largest absolute Gasteiger partial charge is 0.401 e. The van der Waals surface area contributed by atoms with Gasteiger partial charge in [-0.05, 0) is 48.7 Å². The average molecular weight is 598 g/mol. The summed E-state index contributed by atoms with van der Waals surface area (Å²) >= 11 is 6.34. The highest BCUT2D eigenvalue weighted by molar-refractivity contribution is 6.30. The first kappa shape index (κ1) is 27.0. The first-order valence-electron chi connectivity index (χ1n) is 13.4. The van der Waals surface area contributed by atoms with Crippen LogP contribution in [0.25, 0.3) is 5.69 Å². The fourth-order valence-electron chi connectivity index (χ4n) is 6.86. The van der Waals surface area contributed by atoms with Gasteiger partial charge in [-0.3, -0.25) is 14.4 Å². The van der Waals surface area contributed by atoms with Crippen LogP contribution in [0, 0.1) is 11.2 Å². The molecule has 3 aromatic rings. The summed E-state index contributed by atoms with van der Waals surface area (Å²) in [6.45, 7) is 2.03. The molecule has 1 aromatic carbocycles. The molecule has 1 spiro atoms. The van der Waals surface area contributed by atoms with Gasteiger partial charge in [0.05, 0.1) is 18.8 Å². The Morgan fingerprint density at radius 1 is 1.02 bits per heavy atom. The molecule has 1 saturated carbocycles. The smallest absolute Gasteiger partial charge is 0.355 e. The zero-order valence-corrected chi connectivity index (χ0v) is 22.5.